The molecule has 0 spiro atoms. The number of nitrogens with zero attached hydrogens (tertiary/aromatic N) is 1. The summed E-state index contributed by atoms with van der Waals surface area (Å²) in [6.45, 7) is 0.512. The van der Waals surface area contributed by atoms with E-state index in [0.29, 0.717) is 28.5 Å². The predicted octanol–water partition coefficient (Wildman–Crippen LogP) is 5.60. The molecule has 0 saturated carbocycles. The predicted molar refractivity (Wildman–Crippen MR) is 116 cm³/mol. The van der Waals surface area contributed by atoms with E-state index < -0.39 is 11.7 Å². The molecule has 4 nitrogen and oxygen atoms in total. The Morgan fingerprint density at radius 3 is 2.55 bits per heavy atom. The van der Waals surface area contributed by atoms with Crippen LogP contribution in [0.2, 0.25) is 0 Å². The molecule has 0 unspecified atom stereocenters. The summed E-state index contributed by atoms with van der Waals surface area (Å²) in [6.07, 6.45) is 0. The van der Waals surface area contributed by atoms with E-state index in [1.807, 2.05) is 30.3 Å². The van der Waals surface area contributed by atoms with Gasteiger partial charge in [0, 0.05) is 23.6 Å². The molecule has 0 atom stereocenters. The largest absolute Gasteiger partial charge is 0.489 e. The molecule has 1 N–H and O–H groups in total. The van der Waals surface area contributed by atoms with E-state index in [1.165, 1.54) is 29.5 Å². The van der Waals surface area contributed by atoms with Gasteiger partial charge in [0.15, 0.2) is 0 Å². The summed E-state index contributed by atoms with van der Waals surface area (Å²) in [6, 6.07) is 20.2. The summed E-state index contributed by atoms with van der Waals surface area (Å²) >= 11 is 1.17. The molecule has 1 aromatic heterocycles. The summed E-state index contributed by atoms with van der Waals surface area (Å²) in [5.74, 6) is -0.842. The van der Waals surface area contributed by atoms with Gasteiger partial charge in [-0.2, -0.15) is 0 Å². The molecule has 31 heavy (non-hydrogen) atoms. The summed E-state index contributed by atoms with van der Waals surface area (Å²) in [5, 5.41) is 4.64. The van der Waals surface area contributed by atoms with Gasteiger partial charge in [-0.05, 0) is 35.4 Å². The van der Waals surface area contributed by atoms with Crippen LogP contribution in [0.3, 0.4) is 0 Å². The maximum absolute atomic E-state index is 14.6. The highest BCUT2D eigenvalue weighted by Crippen LogP contribution is 2.29. The van der Waals surface area contributed by atoms with Gasteiger partial charge in [-0.25, -0.2) is 13.8 Å². The lowest BCUT2D eigenvalue weighted by molar-refractivity contribution is 0.0946. The molecule has 0 fully saturated rings. The van der Waals surface area contributed by atoms with Crippen molar-refractivity contribution in [3.8, 4) is 16.3 Å². The van der Waals surface area contributed by atoms with Crippen LogP contribution in [-0.4, -0.2) is 10.9 Å². The lowest BCUT2D eigenvalue weighted by Gasteiger charge is -2.08. The van der Waals surface area contributed by atoms with Crippen LogP contribution in [0.25, 0.3) is 10.6 Å². The van der Waals surface area contributed by atoms with Crippen LogP contribution < -0.4 is 10.1 Å². The number of carbonyl (C=O) groups is 1. The zero-order valence-electron chi connectivity index (χ0n) is 16.3. The maximum Gasteiger partial charge on any atom is 0.271 e. The molecular weight excluding hydrogens is 418 g/mol. The second-order valence-electron chi connectivity index (χ2n) is 6.77. The molecule has 0 radical (unpaired) electrons. The lowest BCUT2D eigenvalue weighted by Crippen LogP contribution is -2.23. The number of aromatic nitrogens is 1. The number of benzene rings is 3. The van der Waals surface area contributed by atoms with Crippen molar-refractivity contribution in [2.75, 3.05) is 0 Å². The van der Waals surface area contributed by atoms with Gasteiger partial charge in [0.05, 0.1) is 0 Å². The van der Waals surface area contributed by atoms with Crippen LogP contribution in [0.15, 0.2) is 78.2 Å². The molecule has 0 saturated heterocycles. The number of ether oxygens (including phenoxy) is 1. The highest BCUT2D eigenvalue weighted by molar-refractivity contribution is 7.13. The first-order chi connectivity index (χ1) is 15.1. The first-order valence-corrected chi connectivity index (χ1v) is 10.4. The number of rotatable bonds is 7. The number of hydrogen-bond acceptors (Lipinski definition) is 4. The van der Waals surface area contributed by atoms with Gasteiger partial charge in [-0.1, -0.05) is 42.5 Å². The minimum atomic E-state index is -0.480. The van der Waals surface area contributed by atoms with Crippen molar-refractivity contribution in [3.05, 3.63) is 107 Å². The van der Waals surface area contributed by atoms with Gasteiger partial charge in [-0.3, -0.25) is 4.79 Å². The zero-order chi connectivity index (χ0) is 21.6. The molecule has 1 amide bonds. The Morgan fingerprint density at radius 2 is 1.77 bits per heavy atom. The third-order valence-electron chi connectivity index (χ3n) is 4.50. The van der Waals surface area contributed by atoms with Gasteiger partial charge in [-0.15, -0.1) is 11.3 Å². The van der Waals surface area contributed by atoms with Crippen molar-refractivity contribution in [1.82, 2.24) is 10.3 Å². The average molecular weight is 436 g/mol. The molecule has 3 aromatic carbocycles. The first kappa shape index (κ1) is 20.7. The minimum Gasteiger partial charge on any atom is -0.489 e. The number of hydrogen-bond donors (Lipinski definition) is 1. The Hall–Kier alpha value is -3.58. The molecule has 1 heterocycles. The standard InChI is InChI=1S/C24H18F2N2O2S/c25-18-8-4-7-17(11-18)13-27-23(29)22-15-31-24(28-22)20-10-9-19(12-21(20)26)30-14-16-5-2-1-3-6-16/h1-12,15H,13-14H2,(H,27,29). The number of halogens is 2. The fourth-order valence-electron chi connectivity index (χ4n) is 2.92. The van der Waals surface area contributed by atoms with Crippen LogP contribution >= 0.6 is 11.3 Å². The topological polar surface area (TPSA) is 51.2 Å². The number of carbonyl (C=O) groups excluding carboxylic acids is 1. The minimum absolute atomic E-state index is 0.172. The highest BCUT2D eigenvalue weighted by atomic mass is 32.1. The fraction of sp³-hybridized carbons (Fsp3) is 0.0833. The Balaban J connectivity index is 1.40. The Labute approximate surface area is 182 Å². The zero-order valence-corrected chi connectivity index (χ0v) is 17.2. The molecular formula is C24H18F2N2O2S. The van der Waals surface area contributed by atoms with E-state index in [4.69, 9.17) is 4.74 Å². The number of amides is 1. The van der Waals surface area contributed by atoms with Crippen molar-refractivity contribution < 1.29 is 18.3 Å². The second-order valence-corrected chi connectivity index (χ2v) is 7.62. The lowest BCUT2D eigenvalue weighted by atomic mass is 10.2. The molecule has 4 rings (SSSR count). The number of nitrogens with one attached hydrogen (secondary N) is 1. The van der Waals surface area contributed by atoms with E-state index in [-0.39, 0.29) is 18.1 Å². The van der Waals surface area contributed by atoms with E-state index >= 15 is 0 Å². The average Bonchev–Trinajstić information content (AvgIpc) is 3.27. The molecule has 0 aliphatic carbocycles. The van der Waals surface area contributed by atoms with Crippen LogP contribution in [0.4, 0.5) is 8.78 Å². The van der Waals surface area contributed by atoms with Gasteiger partial charge in [0.1, 0.15) is 34.7 Å². The van der Waals surface area contributed by atoms with Crippen LogP contribution in [-0.2, 0) is 13.2 Å². The van der Waals surface area contributed by atoms with Crippen LogP contribution in [0.5, 0.6) is 5.75 Å². The fourth-order valence-corrected chi connectivity index (χ4v) is 3.75. The Bertz CT molecular complexity index is 1200. The highest BCUT2D eigenvalue weighted by Gasteiger charge is 2.15. The summed E-state index contributed by atoms with van der Waals surface area (Å²) in [5.41, 5.74) is 2.10. The Kier molecular flexibility index (Phi) is 6.33. The smallest absolute Gasteiger partial charge is 0.271 e. The molecule has 156 valence electrons. The van der Waals surface area contributed by atoms with Gasteiger partial charge in [0.2, 0.25) is 0 Å². The van der Waals surface area contributed by atoms with Crippen molar-refractivity contribution in [3.63, 3.8) is 0 Å². The molecule has 0 aliphatic heterocycles. The van der Waals surface area contributed by atoms with Gasteiger partial charge < -0.3 is 10.1 Å². The first-order valence-electron chi connectivity index (χ1n) is 9.53. The normalized spacial score (nSPS) is 10.6. The Morgan fingerprint density at radius 1 is 0.968 bits per heavy atom. The summed E-state index contributed by atoms with van der Waals surface area (Å²) < 4.78 is 33.5. The number of thiazole rings is 1. The van der Waals surface area contributed by atoms with E-state index in [1.54, 1.807) is 29.6 Å². The van der Waals surface area contributed by atoms with Crippen molar-refractivity contribution in [2.24, 2.45) is 0 Å². The van der Waals surface area contributed by atoms with Crippen molar-refractivity contribution in [1.29, 1.82) is 0 Å². The maximum atomic E-state index is 14.6. The second kappa shape index (κ2) is 9.49. The van der Waals surface area contributed by atoms with Gasteiger partial charge >= 0.3 is 0 Å². The summed E-state index contributed by atoms with van der Waals surface area (Å²) in [4.78, 5) is 16.6. The third-order valence-corrected chi connectivity index (χ3v) is 5.37. The SMILES string of the molecule is O=C(NCc1cccc(F)c1)c1csc(-c2ccc(OCc3ccccc3)cc2F)n1. The molecule has 7 heteroatoms. The monoisotopic (exact) mass is 436 g/mol. The molecule has 0 bridgehead atoms. The quantitative estimate of drug-likeness (QED) is 0.410. The molecule has 0 aliphatic rings. The van der Waals surface area contributed by atoms with E-state index in [9.17, 15) is 13.6 Å². The molecule has 4 aromatic rings. The van der Waals surface area contributed by atoms with E-state index in [0.717, 1.165) is 5.56 Å². The van der Waals surface area contributed by atoms with Crippen molar-refractivity contribution >= 4 is 17.2 Å². The summed E-state index contributed by atoms with van der Waals surface area (Å²) in [7, 11) is 0. The van der Waals surface area contributed by atoms with Gasteiger partial charge in [0.25, 0.3) is 5.91 Å². The van der Waals surface area contributed by atoms with Crippen LogP contribution in [0, 0.1) is 11.6 Å². The third kappa shape index (κ3) is 5.32. The van der Waals surface area contributed by atoms with E-state index in [2.05, 4.69) is 10.3 Å². The van der Waals surface area contributed by atoms with Crippen LogP contribution in [0.1, 0.15) is 21.6 Å². The van der Waals surface area contributed by atoms with Crippen molar-refractivity contribution in [2.45, 2.75) is 13.2 Å².